The van der Waals surface area contributed by atoms with E-state index in [4.69, 9.17) is 37.9 Å². The molecule has 2 aromatic carbocycles. The van der Waals surface area contributed by atoms with Crippen LogP contribution in [0.3, 0.4) is 0 Å². The molecular formula is C51H68N8O14S2. The third kappa shape index (κ3) is 13.0. The molecule has 0 spiro atoms. The van der Waals surface area contributed by atoms with Crippen LogP contribution in [0.4, 0.5) is 0 Å². The normalized spacial score (nSPS) is 16.0. The van der Waals surface area contributed by atoms with Gasteiger partial charge in [-0.1, -0.05) is 31.7 Å². The van der Waals surface area contributed by atoms with Crippen molar-refractivity contribution in [3.05, 3.63) is 84.4 Å². The standard InChI is InChI=1S/2C25H32N4O7S.CH4/c2*1-16(24(30)17-11-13-36-14-12-17)37(31,32)15-21-27-28-25(18-7-5-10-22(26-18)35-4)29(21)23-19(33-2)8-6-9-20(23)34-3;/h2*5-10,16-17,24,30H,11-15H2,1-4H3;1H4/t2*16-,24+;/m10./s1. The molecule has 8 rings (SSSR count). The Morgan fingerprint density at radius 1 is 0.520 bits per heavy atom. The number of sulfone groups is 2. The third-order valence-electron chi connectivity index (χ3n) is 13.3. The second-order valence-electron chi connectivity index (χ2n) is 17.6. The molecule has 22 nitrogen and oxygen atoms in total. The minimum absolute atomic E-state index is 0. The first kappa shape index (κ1) is 57.8. The molecule has 24 heteroatoms. The van der Waals surface area contributed by atoms with Gasteiger partial charge in [0.15, 0.2) is 43.0 Å². The first-order valence-electron chi connectivity index (χ1n) is 23.9. The molecular weight excluding hydrogens is 1010 g/mol. The summed E-state index contributed by atoms with van der Waals surface area (Å²) in [5.41, 5.74) is 1.69. The first-order valence-corrected chi connectivity index (χ1v) is 27.3. The highest BCUT2D eigenvalue weighted by molar-refractivity contribution is 7.91. The van der Waals surface area contributed by atoms with Crippen LogP contribution in [0.2, 0.25) is 0 Å². The summed E-state index contributed by atoms with van der Waals surface area (Å²) >= 11 is 0. The Morgan fingerprint density at radius 3 is 1.15 bits per heavy atom. The summed E-state index contributed by atoms with van der Waals surface area (Å²) in [5.74, 6) is 2.03. The number of methoxy groups -OCH3 is 6. The Balaban J connectivity index is 0.000000241. The number of ether oxygens (including phenoxy) is 8. The number of aliphatic hydroxyl groups is 2. The van der Waals surface area contributed by atoms with Crippen LogP contribution in [0.1, 0.15) is 58.6 Å². The van der Waals surface area contributed by atoms with E-state index in [0.717, 1.165) is 0 Å². The van der Waals surface area contributed by atoms with Crippen LogP contribution >= 0.6 is 0 Å². The predicted molar refractivity (Wildman–Crippen MR) is 278 cm³/mol. The molecule has 4 aromatic heterocycles. The van der Waals surface area contributed by atoms with E-state index in [2.05, 4.69) is 30.4 Å². The van der Waals surface area contributed by atoms with E-state index < -0.39 is 53.9 Å². The summed E-state index contributed by atoms with van der Waals surface area (Å²) in [4.78, 5) is 8.93. The lowest BCUT2D eigenvalue weighted by atomic mass is 9.92. The van der Waals surface area contributed by atoms with Crippen molar-refractivity contribution in [2.45, 2.75) is 81.2 Å². The number of para-hydroxylation sites is 2. The van der Waals surface area contributed by atoms with Gasteiger partial charge in [-0.3, -0.25) is 9.13 Å². The smallest absolute Gasteiger partial charge is 0.213 e. The fourth-order valence-electron chi connectivity index (χ4n) is 8.96. The molecule has 0 bridgehead atoms. The van der Waals surface area contributed by atoms with Gasteiger partial charge in [0.2, 0.25) is 11.8 Å². The molecule has 2 fully saturated rings. The Labute approximate surface area is 438 Å². The largest absolute Gasteiger partial charge is 0.494 e. The van der Waals surface area contributed by atoms with Gasteiger partial charge < -0.3 is 48.1 Å². The molecule has 2 saturated heterocycles. The van der Waals surface area contributed by atoms with Crippen molar-refractivity contribution >= 4 is 19.7 Å². The van der Waals surface area contributed by atoms with Crippen molar-refractivity contribution in [2.24, 2.45) is 11.8 Å². The molecule has 6 aromatic rings. The van der Waals surface area contributed by atoms with Crippen molar-refractivity contribution in [1.29, 1.82) is 0 Å². The Morgan fingerprint density at radius 2 is 0.840 bits per heavy atom. The SMILES string of the molecule is C.COc1cccc(-c2nnc(CS(=O)(=O)[C@@H](C)[C@@H](O)C3CCOCC3)n2-c2c(OC)cccc2OC)n1.COc1cccc(-c2nnc(CS(=O)(=O)[C@H](C)[C@H](O)C3CCOCC3)n2-c2c(OC)cccc2OC)n1. The minimum atomic E-state index is -3.85. The number of benzene rings is 2. The van der Waals surface area contributed by atoms with Crippen molar-refractivity contribution in [1.82, 2.24) is 39.5 Å². The number of aliphatic hydroxyl groups excluding tert-OH is 2. The molecule has 2 N–H and O–H groups in total. The van der Waals surface area contributed by atoms with Gasteiger partial charge in [0.1, 0.15) is 57.3 Å². The number of aromatic nitrogens is 8. The van der Waals surface area contributed by atoms with Crippen molar-refractivity contribution in [3.8, 4) is 69.2 Å². The summed E-state index contributed by atoms with van der Waals surface area (Å²) in [5, 5.41) is 36.9. The monoisotopic (exact) mass is 1080 g/mol. The van der Waals surface area contributed by atoms with Gasteiger partial charge in [-0.05, 0) is 87.8 Å². The van der Waals surface area contributed by atoms with Crippen LogP contribution in [-0.4, -0.2) is 158 Å². The maximum Gasteiger partial charge on any atom is 0.213 e. The average Bonchev–Trinajstić information content (AvgIpc) is 4.05. The van der Waals surface area contributed by atoms with Gasteiger partial charge in [-0.2, -0.15) is 0 Å². The van der Waals surface area contributed by atoms with E-state index in [1.807, 2.05) is 0 Å². The summed E-state index contributed by atoms with van der Waals surface area (Å²) in [6.45, 7) is 5.09. The van der Waals surface area contributed by atoms with E-state index in [1.165, 1.54) is 56.5 Å². The van der Waals surface area contributed by atoms with Gasteiger partial charge in [0.25, 0.3) is 0 Å². The van der Waals surface area contributed by atoms with Crippen LogP contribution in [0, 0.1) is 11.8 Å². The van der Waals surface area contributed by atoms with Crippen LogP contribution in [-0.2, 0) is 40.7 Å². The lowest BCUT2D eigenvalue weighted by molar-refractivity contribution is 0.00812. The van der Waals surface area contributed by atoms with Crippen molar-refractivity contribution < 1.29 is 64.9 Å². The fourth-order valence-corrected chi connectivity index (χ4v) is 11.9. The minimum Gasteiger partial charge on any atom is -0.494 e. The van der Waals surface area contributed by atoms with Gasteiger partial charge in [0.05, 0.1) is 65.4 Å². The second kappa shape index (κ2) is 25.9. The first-order chi connectivity index (χ1) is 35.6. The maximum absolute atomic E-state index is 13.6. The molecule has 2 aliphatic heterocycles. The second-order valence-corrected chi connectivity index (χ2v) is 22.3. The van der Waals surface area contributed by atoms with Gasteiger partial charge >= 0.3 is 0 Å². The van der Waals surface area contributed by atoms with E-state index in [-0.39, 0.29) is 42.6 Å². The Bertz CT molecular complexity index is 2800. The molecule has 4 atom stereocenters. The fraction of sp³-hybridized carbons (Fsp3) is 0.490. The van der Waals surface area contributed by atoms with Crippen LogP contribution in [0.25, 0.3) is 34.4 Å². The van der Waals surface area contributed by atoms with Crippen LogP contribution in [0.15, 0.2) is 72.8 Å². The quantitative estimate of drug-likeness (QED) is 0.0951. The highest BCUT2D eigenvalue weighted by Gasteiger charge is 2.38. The van der Waals surface area contributed by atoms with Gasteiger partial charge in [-0.15, -0.1) is 20.4 Å². The Hall–Kier alpha value is -6.44. The van der Waals surface area contributed by atoms with Gasteiger partial charge in [0, 0.05) is 38.6 Å². The van der Waals surface area contributed by atoms with E-state index >= 15 is 0 Å². The summed E-state index contributed by atoms with van der Waals surface area (Å²) < 4.78 is 101. The Kier molecular flexibility index (Phi) is 19.9. The highest BCUT2D eigenvalue weighted by Crippen LogP contribution is 2.39. The topological polar surface area (TPSA) is 270 Å². The zero-order valence-electron chi connectivity index (χ0n) is 42.7. The zero-order valence-corrected chi connectivity index (χ0v) is 44.3. The van der Waals surface area contributed by atoms with Gasteiger partial charge in [-0.25, -0.2) is 26.8 Å². The maximum atomic E-state index is 13.6. The molecule has 6 heterocycles. The van der Waals surface area contributed by atoms with E-state index in [9.17, 15) is 27.0 Å². The van der Waals surface area contributed by atoms with E-state index in [1.54, 1.807) is 81.9 Å². The highest BCUT2D eigenvalue weighted by atomic mass is 32.2. The number of hydrogen-bond acceptors (Lipinski definition) is 20. The molecule has 2 aliphatic rings. The summed E-state index contributed by atoms with van der Waals surface area (Å²) in [6, 6.07) is 20.8. The lowest BCUT2D eigenvalue weighted by Gasteiger charge is -2.30. The molecule has 0 aliphatic carbocycles. The number of rotatable bonds is 20. The van der Waals surface area contributed by atoms with Crippen LogP contribution in [0.5, 0.6) is 34.8 Å². The lowest BCUT2D eigenvalue weighted by Crippen LogP contribution is -2.40. The molecule has 408 valence electrons. The van der Waals surface area contributed by atoms with Crippen molar-refractivity contribution in [2.75, 3.05) is 69.1 Å². The average molecular weight is 1080 g/mol. The number of hydrogen-bond donors (Lipinski definition) is 2. The molecule has 75 heavy (non-hydrogen) atoms. The third-order valence-corrected chi connectivity index (χ3v) is 17.4. The number of nitrogens with zero attached hydrogens (tertiary/aromatic N) is 8. The summed E-state index contributed by atoms with van der Waals surface area (Å²) in [6.07, 6.45) is 0.404. The zero-order chi connectivity index (χ0) is 53.2. The molecule has 0 unspecified atom stereocenters. The van der Waals surface area contributed by atoms with Crippen molar-refractivity contribution in [3.63, 3.8) is 0 Å². The predicted octanol–water partition coefficient (Wildman–Crippen LogP) is 5.53. The molecule has 0 amide bonds. The number of pyridine rings is 2. The summed E-state index contributed by atoms with van der Waals surface area (Å²) in [7, 11) is 1.33. The van der Waals surface area contributed by atoms with E-state index in [0.29, 0.717) is 110 Å². The molecule has 0 radical (unpaired) electrons. The molecule has 0 saturated carbocycles. The van der Waals surface area contributed by atoms with Crippen LogP contribution < -0.4 is 28.4 Å².